The van der Waals surface area contributed by atoms with Gasteiger partial charge >= 0.3 is 0 Å². The minimum Gasteiger partial charge on any atom is -0.459 e. The molecule has 2 atom stereocenters. The van der Waals surface area contributed by atoms with Crippen molar-refractivity contribution in [3.05, 3.63) is 83.3 Å². The Bertz CT molecular complexity index is 875. The van der Waals surface area contributed by atoms with Crippen LogP contribution in [0.15, 0.2) is 60.6 Å². The molecule has 0 aliphatic carbocycles. The molecule has 0 bridgehead atoms. The number of amides is 1. The van der Waals surface area contributed by atoms with Crippen LogP contribution in [0.4, 0.5) is 8.78 Å². The molecule has 0 N–H and O–H groups in total. The van der Waals surface area contributed by atoms with Crippen LogP contribution in [0.1, 0.15) is 11.1 Å². The summed E-state index contributed by atoms with van der Waals surface area (Å²) >= 11 is 1.43. The highest BCUT2D eigenvalue weighted by Crippen LogP contribution is 2.35. The zero-order valence-electron chi connectivity index (χ0n) is 14.3. The number of hydrogen-bond donors (Lipinski definition) is 0. The number of halogens is 2. The molecule has 2 heterocycles. The van der Waals surface area contributed by atoms with Crippen LogP contribution < -0.4 is 0 Å². The van der Waals surface area contributed by atoms with Crippen LogP contribution in [0.3, 0.4) is 0 Å². The van der Waals surface area contributed by atoms with Gasteiger partial charge in [-0.25, -0.2) is 8.78 Å². The molecule has 4 nitrogen and oxygen atoms in total. The smallest absolute Gasteiger partial charge is 0.244 e. The molecule has 2 aliphatic heterocycles. The zero-order chi connectivity index (χ0) is 18.8. The normalized spacial score (nSPS) is 21.8. The van der Waals surface area contributed by atoms with E-state index in [0.717, 1.165) is 17.7 Å². The first kappa shape index (κ1) is 17.9. The fourth-order valence-electron chi connectivity index (χ4n) is 3.06. The number of carbonyl (C=O) groups excluding carboxylic acids is 1. The van der Waals surface area contributed by atoms with Crippen molar-refractivity contribution in [2.24, 2.45) is 0 Å². The van der Waals surface area contributed by atoms with Crippen molar-refractivity contribution in [3.8, 4) is 0 Å². The second-order valence-electron chi connectivity index (χ2n) is 6.33. The van der Waals surface area contributed by atoms with Gasteiger partial charge in [0.25, 0.3) is 0 Å². The number of thioether (sulfide) groups is 1. The molecule has 1 fully saturated rings. The average Bonchev–Trinajstić information content (AvgIpc) is 3.26. The highest BCUT2D eigenvalue weighted by Gasteiger charge is 2.38. The quantitative estimate of drug-likeness (QED) is 0.779. The third-order valence-electron chi connectivity index (χ3n) is 4.40. The van der Waals surface area contributed by atoms with E-state index >= 15 is 0 Å². The van der Waals surface area contributed by atoms with Gasteiger partial charge in [-0.1, -0.05) is 36.4 Å². The van der Waals surface area contributed by atoms with Crippen LogP contribution in [0.25, 0.3) is 0 Å². The van der Waals surface area contributed by atoms with Gasteiger partial charge in [-0.3, -0.25) is 4.79 Å². The maximum atomic E-state index is 13.5. The molecule has 0 spiro atoms. The van der Waals surface area contributed by atoms with Gasteiger partial charge in [0.2, 0.25) is 12.2 Å². The van der Waals surface area contributed by atoms with Gasteiger partial charge in [-0.05, 0) is 23.3 Å². The number of benzene rings is 2. The van der Waals surface area contributed by atoms with Crippen LogP contribution in [-0.2, 0) is 27.2 Å². The van der Waals surface area contributed by atoms with Crippen molar-refractivity contribution in [1.29, 1.82) is 0 Å². The van der Waals surface area contributed by atoms with E-state index in [4.69, 9.17) is 9.47 Å². The highest BCUT2D eigenvalue weighted by atomic mass is 32.2. The first-order valence-corrected chi connectivity index (χ1v) is 9.56. The number of rotatable bonds is 5. The third kappa shape index (κ3) is 3.93. The molecule has 140 valence electrons. The summed E-state index contributed by atoms with van der Waals surface area (Å²) in [7, 11) is 0. The lowest BCUT2D eigenvalue weighted by molar-refractivity contribution is -0.129. The number of ether oxygens (including phenoxy) is 2. The van der Waals surface area contributed by atoms with E-state index in [0.29, 0.717) is 23.5 Å². The lowest BCUT2D eigenvalue weighted by Gasteiger charge is -2.24. The summed E-state index contributed by atoms with van der Waals surface area (Å²) < 4.78 is 38.1. The maximum absolute atomic E-state index is 13.5. The summed E-state index contributed by atoms with van der Waals surface area (Å²) in [4.78, 5) is 13.9. The van der Waals surface area contributed by atoms with Gasteiger partial charge in [0.15, 0.2) is 17.4 Å². The SMILES string of the molecule is O=C1CSC(C2=COC(Cc3ccccc3)O2)N1Cc1ccc(F)c(F)c1. The Morgan fingerprint density at radius 2 is 1.89 bits per heavy atom. The van der Waals surface area contributed by atoms with Gasteiger partial charge in [0.1, 0.15) is 11.6 Å². The lowest BCUT2D eigenvalue weighted by atomic mass is 10.1. The van der Waals surface area contributed by atoms with Crippen molar-refractivity contribution in [1.82, 2.24) is 4.90 Å². The largest absolute Gasteiger partial charge is 0.459 e. The minimum absolute atomic E-state index is 0.0780. The summed E-state index contributed by atoms with van der Waals surface area (Å²) in [5.74, 6) is -1.04. The summed E-state index contributed by atoms with van der Waals surface area (Å²) in [6.07, 6.45) is 1.70. The van der Waals surface area contributed by atoms with E-state index in [2.05, 4.69) is 0 Å². The maximum Gasteiger partial charge on any atom is 0.244 e. The van der Waals surface area contributed by atoms with Gasteiger partial charge in [-0.15, -0.1) is 11.8 Å². The van der Waals surface area contributed by atoms with Gasteiger partial charge < -0.3 is 14.4 Å². The Morgan fingerprint density at radius 3 is 2.67 bits per heavy atom. The molecule has 0 aromatic heterocycles. The molecule has 1 saturated heterocycles. The van der Waals surface area contributed by atoms with Crippen LogP contribution in [0.2, 0.25) is 0 Å². The molecular weight excluding hydrogens is 372 g/mol. The molecule has 4 rings (SSSR count). The molecular formula is C20H17F2NO3S. The summed E-state index contributed by atoms with van der Waals surface area (Å²) in [6.45, 7) is 0.178. The Kier molecular flexibility index (Phi) is 5.03. The predicted octanol–water partition coefficient (Wildman–Crippen LogP) is 3.82. The Morgan fingerprint density at radius 1 is 1.07 bits per heavy atom. The standard InChI is InChI=1S/C20H17F2NO3S/c21-15-7-6-14(8-16(15)22)10-23-18(24)12-27-20(23)17-11-25-19(26-17)9-13-4-2-1-3-5-13/h1-8,11,19-20H,9-10,12H2. The average molecular weight is 389 g/mol. The first-order chi connectivity index (χ1) is 13.1. The van der Waals surface area contributed by atoms with Crippen LogP contribution >= 0.6 is 11.8 Å². The van der Waals surface area contributed by atoms with Gasteiger partial charge in [0, 0.05) is 13.0 Å². The molecule has 1 amide bonds. The Balaban J connectivity index is 1.43. The fraction of sp³-hybridized carbons (Fsp3) is 0.250. The molecule has 27 heavy (non-hydrogen) atoms. The van der Waals surface area contributed by atoms with Crippen molar-refractivity contribution in [2.45, 2.75) is 24.6 Å². The van der Waals surface area contributed by atoms with Crippen molar-refractivity contribution < 1.29 is 23.0 Å². The Hall–Kier alpha value is -2.54. The van der Waals surface area contributed by atoms with Crippen molar-refractivity contribution in [2.75, 3.05) is 5.75 Å². The summed E-state index contributed by atoms with van der Waals surface area (Å²) in [6, 6.07) is 13.5. The van der Waals surface area contributed by atoms with E-state index in [1.165, 1.54) is 17.8 Å². The van der Waals surface area contributed by atoms with Crippen molar-refractivity contribution in [3.63, 3.8) is 0 Å². The molecule has 7 heteroatoms. The van der Waals surface area contributed by atoms with E-state index < -0.39 is 17.9 Å². The number of hydrogen-bond acceptors (Lipinski definition) is 4. The van der Waals surface area contributed by atoms with E-state index in [9.17, 15) is 13.6 Å². The monoisotopic (exact) mass is 389 g/mol. The van der Waals surface area contributed by atoms with Crippen LogP contribution in [0, 0.1) is 11.6 Å². The summed E-state index contributed by atoms with van der Waals surface area (Å²) in [5, 5.41) is -0.341. The third-order valence-corrected chi connectivity index (χ3v) is 5.61. The molecule has 2 aromatic carbocycles. The number of carbonyl (C=O) groups is 1. The predicted molar refractivity (Wildman–Crippen MR) is 97.3 cm³/mol. The van der Waals surface area contributed by atoms with Crippen molar-refractivity contribution >= 4 is 17.7 Å². The topological polar surface area (TPSA) is 38.8 Å². The first-order valence-electron chi connectivity index (χ1n) is 8.51. The summed E-state index contributed by atoms with van der Waals surface area (Å²) in [5.41, 5.74) is 1.61. The molecule has 2 aliphatic rings. The van der Waals surface area contributed by atoms with E-state index in [-0.39, 0.29) is 17.8 Å². The molecule has 2 aromatic rings. The second kappa shape index (κ2) is 7.60. The van der Waals surface area contributed by atoms with Gasteiger partial charge in [-0.2, -0.15) is 0 Å². The van der Waals surface area contributed by atoms with E-state index in [1.54, 1.807) is 11.2 Å². The molecule has 2 unspecified atom stereocenters. The number of nitrogens with zero attached hydrogens (tertiary/aromatic N) is 1. The van der Waals surface area contributed by atoms with Crippen LogP contribution in [0.5, 0.6) is 0 Å². The van der Waals surface area contributed by atoms with Crippen LogP contribution in [-0.4, -0.2) is 28.2 Å². The van der Waals surface area contributed by atoms with Gasteiger partial charge in [0.05, 0.1) is 5.75 Å². The van der Waals surface area contributed by atoms with E-state index in [1.807, 2.05) is 30.3 Å². The highest BCUT2D eigenvalue weighted by molar-refractivity contribution is 8.01. The zero-order valence-corrected chi connectivity index (χ0v) is 15.1. The minimum atomic E-state index is -0.925. The Labute approximate surface area is 159 Å². The molecule has 0 saturated carbocycles. The lowest BCUT2D eigenvalue weighted by Crippen LogP contribution is -2.34. The second-order valence-corrected chi connectivity index (χ2v) is 7.40. The molecule has 0 radical (unpaired) electrons. The fourth-order valence-corrected chi connectivity index (χ4v) is 4.17.